The molecule has 0 atom stereocenters. The number of rotatable bonds is 2. The number of anilines is 1. The highest BCUT2D eigenvalue weighted by Crippen LogP contribution is 2.17. The van der Waals surface area contributed by atoms with Gasteiger partial charge in [0.1, 0.15) is 5.82 Å². The fourth-order valence-electron chi connectivity index (χ4n) is 1.92. The lowest BCUT2D eigenvalue weighted by Crippen LogP contribution is -1.89. The fourth-order valence-corrected chi connectivity index (χ4v) is 1.92. The molecule has 1 aromatic carbocycles. The van der Waals surface area contributed by atoms with Gasteiger partial charge in [0.25, 0.3) is 0 Å². The van der Waals surface area contributed by atoms with Crippen molar-refractivity contribution in [2.24, 2.45) is 0 Å². The summed E-state index contributed by atoms with van der Waals surface area (Å²) in [5, 5.41) is 1.08. The van der Waals surface area contributed by atoms with Crippen LogP contribution in [0.4, 0.5) is 5.82 Å². The van der Waals surface area contributed by atoms with Crippen molar-refractivity contribution in [3.05, 3.63) is 66.0 Å². The van der Waals surface area contributed by atoms with E-state index in [1.807, 2.05) is 54.6 Å². The SMILES string of the molecule is Nc1ccc2cc(/C=C/c3ccccn3)ccc2n1. The minimum Gasteiger partial charge on any atom is -0.384 e. The van der Waals surface area contributed by atoms with Gasteiger partial charge in [0.05, 0.1) is 11.2 Å². The summed E-state index contributed by atoms with van der Waals surface area (Å²) in [5.41, 5.74) is 8.63. The lowest BCUT2D eigenvalue weighted by Gasteiger charge is -2.00. The molecule has 2 heterocycles. The Labute approximate surface area is 111 Å². The van der Waals surface area contributed by atoms with Crippen LogP contribution in [0.2, 0.25) is 0 Å². The molecule has 19 heavy (non-hydrogen) atoms. The van der Waals surface area contributed by atoms with Crippen molar-refractivity contribution in [2.45, 2.75) is 0 Å². The Morgan fingerprint density at radius 1 is 0.947 bits per heavy atom. The standard InChI is InChI=1S/C16H13N3/c17-16-9-6-13-11-12(5-8-15(13)19-16)4-7-14-3-1-2-10-18-14/h1-11H,(H2,17,19)/b7-4+. The predicted octanol–water partition coefficient (Wildman–Crippen LogP) is 3.38. The Bertz CT molecular complexity index is 733. The first-order valence-electron chi connectivity index (χ1n) is 6.07. The van der Waals surface area contributed by atoms with Crippen LogP contribution in [0.15, 0.2) is 54.7 Å². The van der Waals surface area contributed by atoms with Crippen LogP contribution in [0.25, 0.3) is 23.1 Å². The molecule has 2 aromatic heterocycles. The summed E-state index contributed by atoms with van der Waals surface area (Å²) in [5.74, 6) is 0.546. The third kappa shape index (κ3) is 2.60. The topological polar surface area (TPSA) is 51.8 Å². The van der Waals surface area contributed by atoms with Gasteiger partial charge in [-0.3, -0.25) is 4.98 Å². The first kappa shape index (κ1) is 11.4. The van der Waals surface area contributed by atoms with Gasteiger partial charge in [0.15, 0.2) is 0 Å². The Hall–Kier alpha value is -2.68. The number of nitrogens with two attached hydrogens (primary N) is 1. The molecule has 0 radical (unpaired) electrons. The average Bonchev–Trinajstić information content (AvgIpc) is 2.46. The van der Waals surface area contributed by atoms with E-state index < -0.39 is 0 Å². The molecule has 0 amide bonds. The second-order valence-corrected chi connectivity index (χ2v) is 4.28. The van der Waals surface area contributed by atoms with Crippen molar-refractivity contribution in [1.29, 1.82) is 0 Å². The molecule has 0 saturated heterocycles. The van der Waals surface area contributed by atoms with Gasteiger partial charge in [-0.05, 0) is 48.0 Å². The van der Waals surface area contributed by atoms with E-state index in [4.69, 9.17) is 5.73 Å². The number of hydrogen-bond donors (Lipinski definition) is 1. The number of nitrogen functional groups attached to an aromatic ring is 1. The van der Waals surface area contributed by atoms with Crippen molar-refractivity contribution in [2.75, 3.05) is 5.73 Å². The highest BCUT2D eigenvalue weighted by atomic mass is 14.8. The van der Waals surface area contributed by atoms with Crippen molar-refractivity contribution in [3.63, 3.8) is 0 Å². The monoisotopic (exact) mass is 247 g/mol. The molecule has 0 saturated carbocycles. The molecule has 92 valence electrons. The molecular formula is C16H13N3. The molecule has 3 nitrogen and oxygen atoms in total. The number of hydrogen-bond acceptors (Lipinski definition) is 3. The van der Waals surface area contributed by atoms with Gasteiger partial charge >= 0.3 is 0 Å². The predicted molar refractivity (Wildman–Crippen MR) is 79.3 cm³/mol. The normalized spacial score (nSPS) is 11.2. The summed E-state index contributed by atoms with van der Waals surface area (Å²) in [7, 11) is 0. The van der Waals surface area contributed by atoms with Gasteiger partial charge in [0.2, 0.25) is 0 Å². The summed E-state index contributed by atoms with van der Waals surface area (Å²) in [6, 6.07) is 15.7. The lowest BCUT2D eigenvalue weighted by atomic mass is 10.1. The number of aromatic nitrogens is 2. The maximum absolute atomic E-state index is 5.66. The molecule has 2 N–H and O–H groups in total. The Kier molecular flexibility index (Phi) is 2.94. The minimum absolute atomic E-state index is 0.546. The molecule has 3 heteroatoms. The zero-order valence-electron chi connectivity index (χ0n) is 10.3. The molecule has 0 fully saturated rings. The van der Waals surface area contributed by atoms with Crippen LogP contribution in [0.1, 0.15) is 11.3 Å². The quantitative estimate of drug-likeness (QED) is 0.755. The zero-order valence-corrected chi connectivity index (χ0v) is 10.3. The molecule has 0 aliphatic carbocycles. The minimum atomic E-state index is 0.546. The van der Waals surface area contributed by atoms with Crippen LogP contribution < -0.4 is 5.73 Å². The van der Waals surface area contributed by atoms with E-state index >= 15 is 0 Å². The van der Waals surface area contributed by atoms with Gasteiger partial charge in [-0.15, -0.1) is 0 Å². The van der Waals surface area contributed by atoms with Crippen LogP contribution in [0.5, 0.6) is 0 Å². The number of fused-ring (bicyclic) bond motifs is 1. The highest BCUT2D eigenvalue weighted by Gasteiger charge is 1.96. The molecule has 0 unspecified atom stereocenters. The average molecular weight is 247 g/mol. The van der Waals surface area contributed by atoms with Gasteiger partial charge in [-0.2, -0.15) is 0 Å². The van der Waals surface area contributed by atoms with E-state index in [1.165, 1.54) is 0 Å². The molecule has 3 aromatic rings. The number of benzene rings is 1. The largest absolute Gasteiger partial charge is 0.384 e. The summed E-state index contributed by atoms with van der Waals surface area (Å²) in [4.78, 5) is 8.53. The van der Waals surface area contributed by atoms with Crippen LogP contribution >= 0.6 is 0 Å². The molecule has 0 spiro atoms. The van der Waals surface area contributed by atoms with Gasteiger partial charge < -0.3 is 5.73 Å². The summed E-state index contributed by atoms with van der Waals surface area (Å²) >= 11 is 0. The smallest absolute Gasteiger partial charge is 0.124 e. The van der Waals surface area contributed by atoms with Crippen molar-refractivity contribution >= 4 is 28.9 Å². The summed E-state index contributed by atoms with van der Waals surface area (Å²) in [6.45, 7) is 0. The maximum atomic E-state index is 5.66. The number of pyridine rings is 2. The van der Waals surface area contributed by atoms with Gasteiger partial charge in [0, 0.05) is 11.6 Å². The summed E-state index contributed by atoms with van der Waals surface area (Å²) < 4.78 is 0. The van der Waals surface area contributed by atoms with E-state index in [0.29, 0.717) is 5.82 Å². The van der Waals surface area contributed by atoms with E-state index in [1.54, 1.807) is 6.20 Å². The highest BCUT2D eigenvalue weighted by molar-refractivity contribution is 5.83. The molecule has 3 rings (SSSR count). The first-order chi connectivity index (χ1) is 9.31. The van der Waals surface area contributed by atoms with E-state index in [9.17, 15) is 0 Å². The van der Waals surface area contributed by atoms with Crippen molar-refractivity contribution in [3.8, 4) is 0 Å². The van der Waals surface area contributed by atoms with Crippen molar-refractivity contribution in [1.82, 2.24) is 9.97 Å². The van der Waals surface area contributed by atoms with Crippen LogP contribution in [-0.2, 0) is 0 Å². The first-order valence-corrected chi connectivity index (χ1v) is 6.07. The van der Waals surface area contributed by atoms with Crippen molar-refractivity contribution < 1.29 is 0 Å². The molecule has 0 aliphatic heterocycles. The van der Waals surface area contributed by atoms with Crippen LogP contribution in [0.3, 0.4) is 0 Å². The van der Waals surface area contributed by atoms with Crippen LogP contribution in [0, 0.1) is 0 Å². The Morgan fingerprint density at radius 2 is 1.89 bits per heavy atom. The van der Waals surface area contributed by atoms with Crippen LogP contribution in [-0.4, -0.2) is 9.97 Å². The fraction of sp³-hybridized carbons (Fsp3) is 0. The third-order valence-corrected chi connectivity index (χ3v) is 2.87. The van der Waals surface area contributed by atoms with Gasteiger partial charge in [-0.25, -0.2) is 4.98 Å². The Morgan fingerprint density at radius 3 is 2.74 bits per heavy atom. The van der Waals surface area contributed by atoms with E-state index in [0.717, 1.165) is 22.2 Å². The molecule has 0 bridgehead atoms. The van der Waals surface area contributed by atoms with E-state index in [2.05, 4.69) is 16.0 Å². The molecule has 0 aliphatic rings. The summed E-state index contributed by atoms with van der Waals surface area (Å²) in [6.07, 6.45) is 5.82. The Balaban J connectivity index is 1.94. The second-order valence-electron chi connectivity index (χ2n) is 4.28. The maximum Gasteiger partial charge on any atom is 0.124 e. The third-order valence-electron chi connectivity index (χ3n) is 2.87. The van der Waals surface area contributed by atoms with E-state index in [-0.39, 0.29) is 0 Å². The zero-order chi connectivity index (χ0) is 13.1. The lowest BCUT2D eigenvalue weighted by molar-refractivity contribution is 1.30. The number of nitrogens with zero attached hydrogens (tertiary/aromatic N) is 2. The van der Waals surface area contributed by atoms with Gasteiger partial charge in [-0.1, -0.05) is 18.2 Å². The molecular weight excluding hydrogens is 234 g/mol. The second kappa shape index (κ2) is 4.90.